The zero-order chi connectivity index (χ0) is 22.9. The molecule has 0 spiro atoms. The van der Waals surface area contributed by atoms with Gasteiger partial charge in [-0.25, -0.2) is 4.39 Å². The van der Waals surface area contributed by atoms with E-state index in [1.54, 1.807) is 0 Å². The van der Waals surface area contributed by atoms with Crippen LogP contribution in [0.15, 0.2) is 29.2 Å². The molecule has 7 nitrogen and oxygen atoms in total. The quantitative estimate of drug-likeness (QED) is 0.638. The molecule has 172 valence electrons. The van der Waals surface area contributed by atoms with Crippen molar-refractivity contribution in [3.05, 3.63) is 47.9 Å². The first kappa shape index (κ1) is 22.3. The summed E-state index contributed by atoms with van der Waals surface area (Å²) in [4.78, 5) is 12.4. The zero-order valence-electron chi connectivity index (χ0n) is 17.0. The van der Waals surface area contributed by atoms with Crippen molar-refractivity contribution < 1.29 is 36.2 Å². The van der Waals surface area contributed by atoms with Crippen molar-refractivity contribution in [3.8, 4) is 5.75 Å². The number of ether oxygens (including phenoxy) is 2. The monoisotopic (exact) mass is 455 g/mol. The molecule has 32 heavy (non-hydrogen) atoms. The minimum atomic E-state index is -4.65. The molecule has 2 heterocycles. The van der Waals surface area contributed by atoms with E-state index in [0.717, 1.165) is 5.56 Å². The average Bonchev–Trinajstić information content (AvgIpc) is 3.18. The van der Waals surface area contributed by atoms with Crippen LogP contribution in [0.1, 0.15) is 48.9 Å². The van der Waals surface area contributed by atoms with Crippen molar-refractivity contribution in [2.75, 3.05) is 6.54 Å². The molecule has 1 aliphatic heterocycles. The van der Waals surface area contributed by atoms with Crippen LogP contribution in [0.2, 0.25) is 0 Å². The van der Waals surface area contributed by atoms with Gasteiger partial charge >= 0.3 is 6.36 Å². The number of fused-ring (bicyclic) bond motifs is 1. The Hall–Kier alpha value is -2.95. The number of nitrogens with one attached hydrogen (secondary N) is 1. The van der Waals surface area contributed by atoms with Crippen LogP contribution in [-0.2, 0) is 16.0 Å². The highest BCUT2D eigenvalue weighted by Crippen LogP contribution is 2.41. The third-order valence-corrected chi connectivity index (χ3v) is 5.47. The average molecular weight is 455 g/mol. The molecule has 11 heteroatoms. The first-order chi connectivity index (χ1) is 15.2. The summed E-state index contributed by atoms with van der Waals surface area (Å²) in [6.45, 7) is 4.12. The maximum Gasteiger partial charge on any atom is 0.522 e. The summed E-state index contributed by atoms with van der Waals surface area (Å²) in [5, 5.41) is 10.5. The Bertz CT molecular complexity index is 1000. The number of aryl methyl sites for hydroxylation is 1. The molecule has 1 amide bonds. The molecule has 0 saturated heterocycles. The van der Waals surface area contributed by atoms with Crippen LogP contribution < -0.4 is 10.1 Å². The van der Waals surface area contributed by atoms with Gasteiger partial charge in [-0.05, 0) is 55.9 Å². The lowest BCUT2D eigenvalue weighted by Crippen LogP contribution is -2.40. The third kappa shape index (κ3) is 5.26. The van der Waals surface area contributed by atoms with Gasteiger partial charge in [-0.2, -0.15) is 0 Å². The molecular formula is C21H21F4N3O4. The second kappa shape index (κ2) is 8.89. The van der Waals surface area contributed by atoms with E-state index in [-0.39, 0.29) is 48.8 Å². The number of hydrogen-bond donors (Lipinski definition) is 1. The van der Waals surface area contributed by atoms with E-state index in [1.165, 1.54) is 18.2 Å². The van der Waals surface area contributed by atoms with Gasteiger partial charge in [0.05, 0.1) is 6.10 Å². The van der Waals surface area contributed by atoms with Gasteiger partial charge in [0.1, 0.15) is 11.6 Å². The van der Waals surface area contributed by atoms with Crippen molar-refractivity contribution >= 4 is 11.5 Å². The molecular weight excluding hydrogens is 434 g/mol. The first-order valence-corrected chi connectivity index (χ1v) is 10.2. The smallest absolute Gasteiger partial charge is 0.480 e. The molecule has 1 aromatic heterocycles. The van der Waals surface area contributed by atoms with Crippen LogP contribution in [-0.4, -0.2) is 41.2 Å². The number of aromatic nitrogens is 2. The normalized spacial score (nSPS) is 22.4. The number of rotatable bonds is 7. The van der Waals surface area contributed by atoms with Crippen molar-refractivity contribution in [1.29, 1.82) is 0 Å². The predicted octanol–water partition coefficient (Wildman–Crippen LogP) is 3.90. The third-order valence-electron chi connectivity index (χ3n) is 5.47. The van der Waals surface area contributed by atoms with E-state index < -0.39 is 18.6 Å². The van der Waals surface area contributed by atoms with Crippen molar-refractivity contribution in [2.45, 2.75) is 56.6 Å². The summed E-state index contributed by atoms with van der Waals surface area (Å²) < 4.78 is 65.0. The van der Waals surface area contributed by atoms with Crippen molar-refractivity contribution in [2.24, 2.45) is 0 Å². The lowest BCUT2D eigenvalue weighted by Gasteiger charge is -2.32. The number of carbonyl (C=O) groups excluding carboxylic acids is 1. The number of hydrogen-bond acceptors (Lipinski definition) is 6. The molecule has 2 aliphatic rings. The Labute approximate surface area is 180 Å². The van der Waals surface area contributed by atoms with E-state index in [0.29, 0.717) is 30.6 Å². The standard InChI is InChI=1S/C21H21F4N3O4/c1-11(19-27-28-20(31-19)13-9-15(10-13)32-21(23,24)25)6-7-26-18(29)17-4-2-12-8-14(22)3-5-16(12)30-17/h3,5,8,13,15,17H,1-2,4,6-7,9-10H2,(H,26,29)/t13?,15?,17-/m0/s1. The highest BCUT2D eigenvalue weighted by atomic mass is 19.4. The van der Waals surface area contributed by atoms with Gasteiger partial charge in [-0.3, -0.25) is 9.53 Å². The summed E-state index contributed by atoms with van der Waals surface area (Å²) in [6, 6.07) is 4.20. The summed E-state index contributed by atoms with van der Waals surface area (Å²) in [5.74, 6) is 0.0153. The Morgan fingerprint density at radius 2 is 2.06 bits per heavy atom. The number of carbonyl (C=O) groups is 1. The van der Waals surface area contributed by atoms with Crippen LogP contribution in [0.3, 0.4) is 0 Å². The van der Waals surface area contributed by atoms with Gasteiger partial charge in [-0.15, -0.1) is 23.4 Å². The Kier molecular flexibility index (Phi) is 6.18. The molecule has 1 atom stereocenters. The van der Waals surface area contributed by atoms with E-state index in [4.69, 9.17) is 9.15 Å². The fraction of sp³-hybridized carbons (Fsp3) is 0.476. The van der Waals surface area contributed by atoms with Crippen LogP contribution in [0, 0.1) is 5.82 Å². The predicted molar refractivity (Wildman–Crippen MR) is 103 cm³/mol. The van der Waals surface area contributed by atoms with Crippen LogP contribution >= 0.6 is 0 Å². The van der Waals surface area contributed by atoms with Gasteiger partial charge < -0.3 is 14.5 Å². The largest absolute Gasteiger partial charge is 0.522 e. The second-order valence-corrected chi connectivity index (χ2v) is 7.84. The van der Waals surface area contributed by atoms with Crippen LogP contribution in [0.4, 0.5) is 17.6 Å². The highest BCUT2D eigenvalue weighted by molar-refractivity contribution is 5.81. The topological polar surface area (TPSA) is 86.5 Å². The van der Waals surface area contributed by atoms with Gasteiger partial charge in [0, 0.05) is 18.0 Å². The van der Waals surface area contributed by atoms with E-state index in [9.17, 15) is 22.4 Å². The molecule has 0 unspecified atom stereocenters. The molecule has 0 bridgehead atoms. The van der Waals surface area contributed by atoms with Gasteiger partial charge in [0.2, 0.25) is 11.8 Å². The van der Waals surface area contributed by atoms with E-state index in [2.05, 4.69) is 26.8 Å². The van der Waals surface area contributed by atoms with Crippen LogP contribution in [0.25, 0.3) is 5.57 Å². The number of alkyl halides is 3. The summed E-state index contributed by atoms with van der Waals surface area (Å²) in [7, 11) is 0. The maximum atomic E-state index is 13.3. The Morgan fingerprint density at radius 3 is 2.81 bits per heavy atom. The Balaban J connectivity index is 1.20. The van der Waals surface area contributed by atoms with Crippen molar-refractivity contribution in [3.63, 3.8) is 0 Å². The molecule has 1 N–H and O–H groups in total. The number of amides is 1. The van der Waals surface area contributed by atoms with Crippen molar-refractivity contribution in [1.82, 2.24) is 15.5 Å². The SMILES string of the molecule is C=C(CCNC(=O)[C@@H]1CCc2cc(F)ccc2O1)c1nnc(C2CC(OC(F)(F)F)C2)o1. The molecule has 2 aromatic rings. The van der Waals surface area contributed by atoms with Gasteiger partial charge in [0.25, 0.3) is 5.91 Å². The molecule has 1 aliphatic carbocycles. The lowest BCUT2D eigenvalue weighted by atomic mass is 9.82. The summed E-state index contributed by atoms with van der Waals surface area (Å²) >= 11 is 0. The number of benzene rings is 1. The highest BCUT2D eigenvalue weighted by Gasteiger charge is 2.42. The zero-order valence-corrected chi connectivity index (χ0v) is 17.0. The maximum absolute atomic E-state index is 13.3. The number of halogens is 4. The van der Waals surface area contributed by atoms with Gasteiger partial charge in [0.15, 0.2) is 6.10 Å². The van der Waals surface area contributed by atoms with Gasteiger partial charge in [-0.1, -0.05) is 6.58 Å². The lowest BCUT2D eigenvalue weighted by molar-refractivity contribution is -0.352. The Morgan fingerprint density at radius 1 is 1.28 bits per heavy atom. The second-order valence-electron chi connectivity index (χ2n) is 7.84. The van der Waals surface area contributed by atoms with E-state index in [1.807, 2.05) is 0 Å². The summed E-state index contributed by atoms with van der Waals surface area (Å²) in [5.41, 5.74) is 1.23. The minimum absolute atomic E-state index is 0.154. The molecule has 4 rings (SSSR count). The minimum Gasteiger partial charge on any atom is -0.480 e. The molecule has 1 fully saturated rings. The fourth-order valence-electron chi connectivity index (χ4n) is 3.69. The molecule has 0 radical (unpaired) electrons. The number of nitrogens with zero attached hydrogens (tertiary/aromatic N) is 2. The fourth-order valence-corrected chi connectivity index (χ4v) is 3.69. The van der Waals surface area contributed by atoms with Crippen LogP contribution in [0.5, 0.6) is 5.75 Å². The first-order valence-electron chi connectivity index (χ1n) is 10.2. The van der Waals surface area contributed by atoms with E-state index >= 15 is 0 Å². The molecule has 1 saturated carbocycles. The summed E-state index contributed by atoms with van der Waals surface area (Å²) in [6.07, 6.45) is -4.59. The molecule has 1 aromatic carbocycles.